The van der Waals surface area contributed by atoms with Gasteiger partial charge in [0.05, 0.1) is 0 Å². The van der Waals surface area contributed by atoms with Gasteiger partial charge in [-0.15, -0.1) is 0 Å². The van der Waals surface area contributed by atoms with Gasteiger partial charge in [0, 0.05) is 0 Å². The zero-order valence-corrected chi connectivity index (χ0v) is 20.2. The van der Waals surface area contributed by atoms with Crippen LogP contribution in [0.4, 0.5) is 0 Å². The van der Waals surface area contributed by atoms with Gasteiger partial charge in [0.25, 0.3) is 0 Å². The van der Waals surface area contributed by atoms with Gasteiger partial charge in [-0.1, -0.05) is 126 Å². The fraction of sp³-hybridized carbons (Fsp3) is 0.419. The Hall–Kier alpha value is -2.34. The Balaban J connectivity index is 1.73. The van der Waals surface area contributed by atoms with E-state index in [9.17, 15) is 0 Å². The van der Waals surface area contributed by atoms with Gasteiger partial charge in [-0.2, -0.15) is 0 Å². The van der Waals surface area contributed by atoms with Crippen molar-refractivity contribution in [3.63, 3.8) is 0 Å². The Labute approximate surface area is 189 Å². The second kappa shape index (κ2) is 7.66. The molecule has 2 atom stereocenters. The summed E-state index contributed by atoms with van der Waals surface area (Å²) < 4.78 is 0. The average Bonchev–Trinajstić information content (AvgIpc) is 2.97. The molecule has 1 aliphatic rings. The minimum atomic E-state index is 0.123. The van der Waals surface area contributed by atoms with E-state index in [0.29, 0.717) is 0 Å². The standard InChI is InChI=1S/C31H38/c1-28(2,25-17-11-8-12-18-25)22-30(5)23-31(6,27-20-14-13-19-26(27)30)29(3,4)21-24-15-9-7-10-16-24/h7-20H,21-23H2,1-6H3. The van der Waals surface area contributed by atoms with Crippen LogP contribution >= 0.6 is 0 Å². The molecule has 0 heterocycles. The molecule has 0 N–H and O–H groups in total. The van der Waals surface area contributed by atoms with Crippen molar-refractivity contribution in [1.29, 1.82) is 0 Å². The number of benzene rings is 3. The molecule has 162 valence electrons. The lowest BCUT2D eigenvalue weighted by atomic mass is 9.59. The topological polar surface area (TPSA) is 0 Å². The highest BCUT2D eigenvalue weighted by Crippen LogP contribution is 2.60. The first-order chi connectivity index (χ1) is 14.6. The second-order valence-corrected chi connectivity index (χ2v) is 11.6. The van der Waals surface area contributed by atoms with Crippen LogP contribution < -0.4 is 0 Å². The van der Waals surface area contributed by atoms with E-state index in [1.54, 1.807) is 11.1 Å². The quantitative estimate of drug-likeness (QED) is 0.384. The van der Waals surface area contributed by atoms with Gasteiger partial charge >= 0.3 is 0 Å². The van der Waals surface area contributed by atoms with Crippen molar-refractivity contribution < 1.29 is 0 Å². The molecule has 0 amide bonds. The molecule has 0 saturated carbocycles. The lowest BCUT2D eigenvalue weighted by Crippen LogP contribution is -2.41. The Morgan fingerprint density at radius 1 is 0.677 bits per heavy atom. The molecule has 0 bridgehead atoms. The SMILES string of the molecule is CC(C)(CC1(C)CC(C)(C(C)(C)Cc2ccccc2)c2ccccc21)c1ccccc1. The molecule has 0 saturated heterocycles. The van der Waals surface area contributed by atoms with Crippen molar-refractivity contribution in [3.05, 3.63) is 107 Å². The van der Waals surface area contributed by atoms with Gasteiger partial charge in [-0.3, -0.25) is 0 Å². The van der Waals surface area contributed by atoms with Gasteiger partial charge in [-0.05, 0) is 63.2 Å². The Morgan fingerprint density at radius 3 is 1.81 bits per heavy atom. The average molecular weight is 411 g/mol. The summed E-state index contributed by atoms with van der Waals surface area (Å²) in [5.74, 6) is 0. The molecule has 0 heteroatoms. The van der Waals surface area contributed by atoms with E-state index in [1.165, 1.54) is 17.5 Å². The molecule has 0 aromatic heterocycles. The minimum Gasteiger partial charge on any atom is -0.0622 e. The molecule has 31 heavy (non-hydrogen) atoms. The van der Waals surface area contributed by atoms with Crippen LogP contribution in [0.2, 0.25) is 0 Å². The fourth-order valence-corrected chi connectivity index (χ4v) is 6.49. The number of hydrogen-bond donors (Lipinski definition) is 0. The summed E-state index contributed by atoms with van der Waals surface area (Å²) in [6, 6.07) is 31.4. The molecule has 3 aromatic rings. The number of hydrogen-bond acceptors (Lipinski definition) is 0. The van der Waals surface area contributed by atoms with Crippen LogP contribution in [0.25, 0.3) is 0 Å². The normalized spacial score (nSPS) is 23.5. The molecule has 0 fully saturated rings. The predicted octanol–water partition coefficient (Wildman–Crippen LogP) is 8.24. The number of fused-ring (bicyclic) bond motifs is 1. The van der Waals surface area contributed by atoms with E-state index in [4.69, 9.17) is 0 Å². The molecule has 3 aromatic carbocycles. The molecule has 4 rings (SSSR count). The van der Waals surface area contributed by atoms with Crippen LogP contribution in [-0.2, 0) is 22.7 Å². The highest BCUT2D eigenvalue weighted by atomic mass is 14.6. The van der Waals surface area contributed by atoms with Crippen molar-refractivity contribution >= 4 is 0 Å². The van der Waals surface area contributed by atoms with Crippen molar-refractivity contribution in [2.24, 2.45) is 5.41 Å². The van der Waals surface area contributed by atoms with Crippen LogP contribution in [0.1, 0.15) is 76.6 Å². The highest BCUT2D eigenvalue weighted by molar-refractivity contribution is 5.48. The van der Waals surface area contributed by atoms with Crippen molar-refractivity contribution in [3.8, 4) is 0 Å². The van der Waals surface area contributed by atoms with Gasteiger partial charge in [0.1, 0.15) is 0 Å². The van der Waals surface area contributed by atoms with E-state index in [2.05, 4.69) is 126 Å². The first-order valence-electron chi connectivity index (χ1n) is 11.8. The Kier molecular flexibility index (Phi) is 5.41. The van der Waals surface area contributed by atoms with Gasteiger partial charge in [0.15, 0.2) is 0 Å². The largest absolute Gasteiger partial charge is 0.0622 e. The second-order valence-electron chi connectivity index (χ2n) is 11.6. The van der Waals surface area contributed by atoms with Crippen molar-refractivity contribution in [2.75, 3.05) is 0 Å². The third-order valence-electron chi connectivity index (χ3n) is 8.29. The summed E-state index contributed by atoms with van der Waals surface area (Å²) in [5, 5.41) is 0. The maximum atomic E-state index is 2.52. The van der Waals surface area contributed by atoms with E-state index in [1.807, 2.05) is 0 Å². The summed E-state index contributed by atoms with van der Waals surface area (Å²) in [7, 11) is 0. The third kappa shape index (κ3) is 3.86. The summed E-state index contributed by atoms with van der Waals surface area (Å²) in [4.78, 5) is 0. The van der Waals surface area contributed by atoms with Crippen LogP contribution in [0.5, 0.6) is 0 Å². The smallest absolute Gasteiger partial charge is 0.000968 e. The molecule has 0 aliphatic heterocycles. The van der Waals surface area contributed by atoms with Gasteiger partial charge < -0.3 is 0 Å². The molecule has 1 aliphatic carbocycles. The predicted molar refractivity (Wildman–Crippen MR) is 134 cm³/mol. The summed E-state index contributed by atoms with van der Waals surface area (Å²) >= 11 is 0. The van der Waals surface area contributed by atoms with Crippen molar-refractivity contribution in [2.45, 2.75) is 77.0 Å². The molecule has 2 unspecified atom stereocenters. The summed E-state index contributed by atoms with van der Waals surface area (Å²) in [6.07, 6.45) is 3.43. The fourth-order valence-electron chi connectivity index (χ4n) is 6.49. The number of rotatable bonds is 6. The first kappa shape index (κ1) is 21.9. The molecular weight excluding hydrogens is 372 g/mol. The summed E-state index contributed by atoms with van der Waals surface area (Å²) in [6.45, 7) is 14.8. The zero-order valence-electron chi connectivity index (χ0n) is 20.2. The van der Waals surface area contributed by atoms with E-state index in [-0.39, 0.29) is 21.7 Å². The molecule has 0 nitrogen and oxygen atoms in total. The zero-order chi connectivity index (χ0) is 22.3. The van der Waals surface area contributed by atoms with Crippen molar-refractivity contribution in [1.82, 2.24) is 0 Å². The van der Waals surface area contributed by atoms with Crippen LogP contribution in [0, 0.1) is 5.41 Å². The molecule has 0 radical (unpaired) electrons. The lowest BCUT2D eigenvalue weighted by Gasteiger charge is -2.45. The van der Waals surface area contributed by atoms with Crippen LogP contribution in [0.15, 0.2) is 84.9 Å². The van der Waals surface area contributed by atoms with Gasteiger partial charge in [0.2, 0.25) is 0 Å². The molecular formula is C31H38. The first-order valence-corrected chi connectivity index (χ1v) is 11.8. The van der Waals surface area contributed by atoms with E-state index < -0.39 is 0 Å². The monoisotopic (exact) mass is 410 g/mol. The minimum absolute atomic E-state index is 0.123. The maximum absolute atomic E-state index is 2.52. The Morgan fingerprint density at radius 2 is 1.19 bits per heavy atom. The van der Waals surface area contributed by atoms with Crippen LogP contribution in [0.3, 0.4) is 0 Å². The Bertz CT molecular complexity index is 1030. The van der Waals surface area contributed by atoms with E-state index >= 15 is 0 Å². The maximum Gasteiger partial charge on any atom is -0.000968 e. The van der Waals surface area contributed by atoms with E-state index in [0.717, 1.165) is 12.8 Å². The molecule has 0 spiro atoms. The summed E-state index contributed by atoms with van der Waals surface area (Å²) in [5.41, 5.74) is 6.54. The van der Waals surface area contributed by atoms with Crippen LogP contribution in [-0.4, -0.2) is 0 Å². The lowest BCUT2D eigenvalue weighted by molar-refractivity contribution is 0.144. The van der Waals surface area contributed by atoms with Gasteiger partial charge in [-0.25, -0.2) is 0 Å². The highest BCUT2D eigenvalue weighted by Gasteiger charge is 2.54. The third-order valence-corrected chi connectivity index (χ3v) is 8.29.